The number of hydrogen-bond acceptors (Lipinski definition) is 1. The molecule has 1 aliphatic rings. The molecule has 1 amide bonds. The maximum atomic E-state index is 11.7. The first kappa shape index (κ1) is 12.5. The van der Waals surface area contributed by atoms with E-state index in [-0.39, 0.29) is 5.91 Å². The van der Waals surface area contributed by atoms with E-state index in [1.807, 2.05) is 14.1 Å². The first-order valence-corrected chi connectivity index (χ1v) is 5.60. The molecule has 4 nitrogen and oxygen atoms in total. The molecule has 1 fully saturated rings. The Bertz CT molecular complexity index is 238. The molecule has 0 saturated carbocycles. The lowest BCUT2D eigenvalue weighted by atomic mass is 10.2. The van der Waals surface area contributed by atoms with Gasteiger partial charge in [0.1, 0.15) is 26.2 Å². The molecular weight excluding hydrogens is 190 g/mol. The average Bonchev–Trinajstić information content (AvgIpc) is 2.11. The van der Waals surface area contributed by atoms with Crippen molar-refractivity contribution in [2.75, 3.05) is 68.0 Å². The molecule has 0 N–H and O–H groups in total. The Morgan fingerprint density at radius 1 is 1.07 bits per heavy atom. The van der Waals surface area contributed by atoms with Crippen molar-refractivity contribution in [1.82, 2.24) is 4.90 Å². The third-order valence-electron chi connectivity index (χ3n) is 3.51. The van der Waals surface area contributed by atoms with E-state index < -0.39 is 0 Å². The molecule has 0 unspecified atom stereocenters. The molecule has 0 bridgehead atoms. The first-order valence-electron chi connectivity index (χ1n) is 5.60. The van der Waals surface area contributed by atoms with E-state index in [0.29, 0.717) is 6.54 Å². The van der Waals surface area contributed by atoms with Crippen LogP contribution in [0.5, 0.6) is 0 Å². The number of amides is 1. The zero-order chi connectivity index (χ0) is 11.7. The molecule has 1 rings (SSSR count). The number of hydrogen-bond donors (Lipinski definition) is 0. The summed E-state index contributed by atoms with van der Waals surface area (Å²) in [5.41, 5.74) is 0. The number of quaternary nitrogens is 2. The van der Waals surface area contributed by atoms with Crippen molar-refractivity contribution in [3.63, 3.8) is 0 Å². The minimum atomic E-state index is 0.240. The molecule has 0 aromatic heterocycles. The van der Waals surface area contributed by atoms with Gasteiger partial charge in [0.15, 0.2) is 6.54 Å². The number of nitrogens with zero attached hydrogens (tertiary/aromatic N) is 3. The normalized spacial score (nSPS) is 23.5. The lowest BCUT2D eigenvalue weighted by Crippen LogP contribution is -2.64. The van der Waals surface area contributed by atoms with Gasteiger partial charge < -0.3 is 13.9 Å². The molecule has 0 aromatic carbocycles. The van der Waals surface area contributed by atoms with Crippen LogP contribution in [0.25, 0.3) is 0 Å². The fraction of sp³-hybridized carbons (Fsp3) is 0.909. The van der Waals surface area contributed by atoms with Crippen LogP contribution in [0.2, 0.25) is 0 Å². The monoisotopic (exact) mass is 215 g/mol. The third kappa shape index (κ3) is 3.47. The minimum absolute atomic E-state index is 0.240. The largest absolute Gasteiger partial charge is 0.344 e. The fourth-order valence-electron chi connectivity index (χ4n) is 1.87. The second-order valence-corrected chi connectivity index (χ2v) is 5.90. The average molecular weight is 215 g/mol. The SMILES string of the molecule is CN(C)C(=O)C[N+]1(C)CC[N+](C)(C)CC1. The van der Waals surface area contributed by atoms with Crippen LogP contribution in [0, 0.1) is 0 Å². The summed E-state index contributed by atoms with van der Waals surface area (Å²) in [4.78, 5) is 13.4. The van der Waals surface area contributed by atoms with Crippen molar-refractivity contribution in [2.45, 2.75) is 0 Å². The van der Waals surface area contributed by atoms with E-state index in [1.165, 1.54) is 0 Å². The van der Waals surface area contributed by atoms with Crippen molar-refractivity contribution >= 4 is 5.91 Å². The van der Waals surface area contributed by atoms with Crippen molar-refractivity contribution < 1.29 is 13.8 Å². The quantitative estimate of drug-likeness (QED) is 0.575. The Labute approximate surface area is 93.2 Å². The Hall–Kier alpha value is -0.610. The van der Waals surface area contributed by atoms with Gasteiger partial charge in [-0.05, 0) is 0 Å². The van der Waals surface area contributed by atoms with Crippen molar-refractivity contribution in [3.8, 4) is 0 Å². The van der Waals surface area contributed by atoms with Gasteiger partial charge in [-0.25, -0.2) is 0 Å². The predicted molar refractivity (Wildman–Crippen MR) is 61.3 cm³/mol. The van der Waals surface area contributed by atoms with Gasteiger partial charge in [-0.15, -0.1) is 0 Å². The molecule has 15 heavy (non-hydrogen) atoms. The van der Waals surface area contributed by atoms with Crippen molar-refractivity contribution in [3.05, 3.63) is 0 Å². The Morgan fingerprint density at radius 2 is 1.53 bits per heavy atom. The zero-order valence-corrected chi connectivity index (χ0v) is 10.8. The maximum absolute atomic E-state index is 11.7. The number of carbonyl (C=O) groups excluding carboxylic acids is 1. The van der Waals surface area contributed by atoms with Crippen LogP contribution in [0.3, 0.4) is 0 Å². The van der Waals surface area contributed by atoms with E-state index in [2.05, 4.69) is 21.1 Å². The van der Waals surface area contributed by atoms with Crippen molar-refractivity contribution in [2.24, 2.45) is 0 Å². The fourth-order valence-corrected chi connectivity index (χ4v) is 1.87. The van der Waals surface area contributed by atoms with Crippen LogP contribution in [0.15, 0.2) is 0 Å². The Morgan fingerprint density at radius 3 is 1.93 bits per heavy atom. The lowest BCUT2D eigenvalue weighted by Gasteiger charge is -2.44. The molecule has 0 aliphatic carbocycles. The summed E-state index contributed by atoms with van der Waals surface area (Å²) in [6.45, 7) is 5.18. The summed E-state index contributed by atoms with van der Waals surface area (Å²) in [5, 5.41) is 0. The number of piperazine rings is 1. The minimum Gasteiger partial charge on any atom is -0.344 e. The van der Waals surface area contributed by atoms with Gasteiger partial charge in [0.25, 0.3) is 5.91 Å². The standard InChI is InChI=1S/C11H25N3O/c1-12(2)11(15)10-14(5)8-6-13(3,4)7-9-14/h6-10H2,1-5H3/q+2. The molecule has 1 saturated heterocycles. The summed E-state index contributed by atoms with van der Waals surface area (Å²) in [6, 6.07) is 0. The summed E-state index contributed by atoms with van der Waals surface area (Å²) in [7, 11) is 10.4. The molecule has 0 radical (unpaired) electrons. The molecule has 88 valence electrons. The van der Waals surface area contributed by atoms with E-state index in [9.17, 15) is 4.79 Å². The van der Waals surface area contributed by atoms with Crippen LogP contribution >= 0.6 is 0 Å². The molecule has 1 heterocycles. The number of carbonyl (C=O) groups is 1. The summed E-state index contributed by atoms with van der Waals surface area (Å²) in [5.74, 6) is 0.240. The van der Waals surface area contributed by atoms with Crippen molar-refractivity contribution in [1.29, 1.82) is 0 Å². The van der Waals surface area contributed by atoms with Gasteiger partial charge in [0.2, 0.25) is 0 Å². The molecule has 4 heteroatoms. The van der Waals surface area contributed by atoms with Gasteiger partial charge >= 0.3 is 0 Å². The van der Waals surface area contributed by atoms with Crippen LogP contribution in [-0.4, -0.2) is 87.7 Å². The van der Waals surface area contributed by atoms with E-state index in [4.69, 9.17) is 0 Å². The molecule has 0 atom stereocenters. The van der Waals surface area contributed by atoms with Gasteiger partial charge in [0, 0.05) is 14.1 Å². The first-order chi connectivity index (χ1) is 6.74. The topological polar surface area (TPSA) is 20.3 Å². The van der Waals surface area contributed by atoms with Gasteiger partial charge in [0.05, 0.1) is 21.1 Å². The number of likely N-dealkylation sites (N-methyl/N-ethyl adjacent to an activating group) is 3. The zero-order valence-electron chi connectivity index (χ0n) is 10.8. The van der Waals surface area contributed by atoms with Gasteiger partial charge in [-0.1, -0.05) is 0 Å². The molecule has 0 spiro atoms. The highest BCUT2D eigenvalue weighted by Gasteiger charge is 2.36. The molecule has 1 aliphatic heterocycles. The molecular formula is C11H25N3O+2. The number of rotatable bonds is 2. The second-order valence-electron chi connectivity index (χ2n) is 5.90. The van der Waals surface area contributed by atoms with Gasteiger partial charge in [-0.2, -0.15) is 0 Å². The lowest BCUT2D eigenvalue weighted by molar-refractivity contribution is -1.00. The summed E-state index contributed by atoms with van der Waals surface area (Å²) < 4.78 is 1.99. The smallest absolute Gasteiger partial charge is 0.277 e. The van der Waals surface area contributed by atoms with Crippen LogP contribution < -0.4 is 0 Å². The predicted octanol–water partition coefficient (Wildman–Crippen LogP) is -0.389. The summed E-state index contributed by atoms with van der Waals surface area (Å²) in [6.07, 6.45) is 0. The van der Waals surface area contributed by atoms with E-state index in [1.54, 1.807) is 4.90 Å². The van der Waals surface area contributed by atoms with E-state index >= 15 is 0 Å². The third-order valence-corrected chi connectivity index (χ3v) is 3.51. The summed E-state index contributed by atoms with van der Waals surface area (Å²) >= 11 is 0. The highest BCUT2D eigenvalue weighted by Crippen LogP contribution is 2.13. The highest BCUT2D eigenvalue weighted by atomic mass is 16.2. The molecule has 0 aromatic rings. The Kier molecular flexibility index (Phi) is 3.41. The highest BCUT2D eigenvalue weighted by molar-refractivity contribution is 5.76. The van der Waals surface area contributed by atoms with Crippen LogP contribution in [-0.2, 0) is 4.79 Å². The maximum Gasteiger partial charge on any atom is 0.277 e. The van der Waals surface area contributed by atoms with Crippen LogP contribution in [0.1, 0.15) is 0 Å². The van der Waals surface area contributed by atoms with E-state index in [0.717, 1.165) is 35.1 Å². The van der Waals surface area contributed by atoms with Gasteiger partial charge in [-0.3, -0.25) is 4.79 Å². The van der Waals surface area contributed by atoms with Crippen LogP contribution in [0.4, 0.5) is 0 Å². The Balaban J connectivity index is 2.52. The second kappa shape index (κ2) is 4.10.